The molecule has 0 spiro atoms. The zero-order chi connectivity index (χ0) is 23.8. The van der Waals surface area contributed by atoms with Crippen molar-refractivity contribution >= 4 is 29.4 Å². The van der Waals surface area contributed by atoms with E-state index in [2.05, 4.69) is 0 Å². The summed E-state index contributed by atoms with van der Waals surface area (Å²) in [5.74, 6) is -2.03. The van der Waals surface area contributed by atoms with Crippen LogP contribution in [0.25, 0.3) is 0 Å². The number of hydrogen-bond acceptors (Lipinski definition) is 5. The predicted octanol–water partition coefficient (Wildman–Crippen LogP) is 3.34. The number of carbonyl (C=O) groups is 4. The molecule has 7 heteroatoms. The molecule has 34 heavy (non-hydrogen) atoms. The molecule has 2 aliphatic heterocycles. The van der Waals surface area contributed by atoms with Gasteiger partial charge < -0.3 is 9.64 Å². The van der Waals surface area contributed by atoms with Crippen LogP contribution in [0.1, 0.15) is 25.3 Å². The summed E-state index contributed by atoms with van der Waals surface area (Å²) in [4.78, 5) is 54.1. The second kappa shape index (κ2) is 8.89. The van der Waals surface area contributed by atoms with Crippen LogP contribution in [0.3, 0.4) is 0 Å². The summed E-state index contributed by atoms with van der Waals surface area (Å²) >= 11 is 0. The number of esters is 1. The largest absolute Gasteiger partial charge is 0.426 e. The van der Waals surface area contributed by atoms with Crippen molar-refractivity contribution in [2.75, 3.05) is 11.4 Å². The average molecular weight is 459 g/mol. The van der Waals surface area contributed by atoms with Gasteiger partial charge >= 0.3 is 5.97 Å². The maximum atomic E-state index is 13.0. The van der Waals surface area contributed by atoms with Gasteiger partial charge in [-0.05, 0) is 30.0 Å². The Morgan fingerprint density at radius 2 is 1.82 bits per heavy atom. The number of amides is 3. The second-order valence-electron chi connectivity index (χ2n) is 9.25. The third-order valence-electron chi connectivity index (χ3n) is 6.93. The highest BCUT2D eigenvalue weighted by Gasteiger charge is 2.50. The lowest BCUT2D eigenvalue weighted by atomic mass is 9.78. The van der Waals surface area contributed by atoms with Crippen LogP contribution in [0, 0.1) is 23.7 Å². The van der Waals surface area contributed by atoms with Crippen molar-refractivity contribution in [1.82, 2.24) is 4.90 Å². The van der Waals surface area contributed by atoms with Crippen molar-refractivity contribution in [3.05, 3.63) is 72.3 Å². The average Bonchev–Trinajstić information content (AvgIpc) is 3.32. The topological polar surface area (TPSA) is 84.0 Å². The highest BCUT2D eigenvalue weighted by molar-refractivity contribution is 6.22. The zero-order valence-corrected chi connectivity index (χ0v) is 18.9. The smallest absolute Gasteiger partial charge is 0.316 e. The number of hydrogen-bond donors (Lipinski definition) is 0. The molecule has 0 radical (unpaired) electrons. The molecule has 2 saturated heterocycles. The number of imide groups is 1. The van der Waals surface area contributed by atoms with Crippen LogP contribution in [-0.2, 0) is 25.7 Å². The van der Waals surface area contributed by atoms with Gasteiger partial charge in [-0.3, -0.25) is 19.2 Å². The lowest BCUT2D eigenvalue weighted by Gasteiger charge is -2.22. The third-order valence-corrected chi connectivity index (χ3v) is 6.93. The summed E-state index contributed by atoms with van der Waals surface area (Å²) in [6.45, 7) is 2.70. The summed E-state index contributed by atoms with van der Waals surface area (Å²) in [5.41, 5.74) is 1.40. The number of benzene rings is 2. The summed E-state index contributed by atoms with van der Waals surface area (Å²) in [7, 11) is 0. The first-order chi connectivity index (χ1) is 16.4. The molecule has 0 unspecified atom stereocenters. The molecule has 0 N–H and O–H groups in total. The molecule has 2 aromatic rings. The first-order valence-corrected chi connectivity index (χ1v) is 11.6. The van der Waals surface area contributed by atoms with E-state index in [9.17, 15) is 19.2 Å². The minimum Gasteiger partial charge on any atom is -0.426 e. The van der Waals surface area contributed by atoms with E-state index >= 15 is 0 Å². The van der Waals surface area contributed by atoms with E-state index in [4.69, 9.17) is 4.74 Å². The second-order valence-corrected chi connectivity index (χ2v) is 9.25. The number of fused-ring (bicyclic) bond motifs is 1. The number of nitrogens with zero attached hydrogens (tertiary/aromatic N) is 2. The van der Waals surface area contributed by atoms with Gasteiger partial charge in [-0.1, -0.05) is 55.5 Å². The fourth-order valence-corrected chi connectivity index (χ4v) is 5.17. The van der Waals surface area contributed by atoms with Crippen molar-refractivity contribution in [3.8, 4) is 5.75 Å². The van der Waals surface area contributed by atoms with Crippen LogP contribution < -0.4 is 9.64 Å². The summed E-state index contributed by atoms with van der Waals surface area (Å²) in [6, 6.07) is 16.1. The van der Waals surface area contributed by atoms with E-state index in [0.717, 1.165) is 5.56 Å². The van der Waals surface area contributed by atoms with E-state index in [1.165, 1.54) is 4.90 Å². The third kappa shape index (κ3) is 4.02. The quantitative estimate of drug-likeness (QED) is 0.297. The first-order valence-electron chi connectivity index (χ1n) is 11.6. The monoisotopic (exact) mass is 458 g/mol. The Morgan fingerprint density at radius 3 is 2.59 bits per heavy atom. The number of anilines is 1. The molecule has 174 valence electrons. The molecule has 1 aliphatic carbocycles. The van der Waals surface area contributed by atoms with Crippen LogP contribution >= 0.6 is 0 Å². The minimum absolute atomic E-state index is 0.0000501. The van der Waals surface area contributed by atoms with Gasteiger partial charge in [-0.25, -0.2) is 4.90 Å². The molecule has 0 aromatic heterocycles. The standard InChI is InChI=1S/C27H26N2O5/c1-17-7-5-12-22-24(17)26(32)29(25(22)31)20-10-6-11-21(14-20)34-27(33)19-13-23(30)28(16-19)15-18-8-3-2-4-9-18/h2-11,14,17,19,22,24H,12-13,15-16H2,1H3/t17-,19-,22+,24-/m1/s1. The number of rotatable bonds is 5. The van der Waals surface area contributed by atoms with Crippen molar-refractivity contribution in [2.24, 2.45) is 23.7 Å². The molecule has 4 atom stereocenters. The van der Waals surface area contributed by atoms with Crippen molar-refractivity contribution in [3.63, 3.8) is 0 Å². The Labute approximate surface area is 198 Å². The van der Waals surface area contributed by atoms with Gasteiger partial charge in [-0.2, -0.15) is 0 Å². The SMILES string of the molecule is C[C@@H]1C=CC[C@@H]2C(=O)N(c3cccc(OC(=O)[C@@H]4CC(=O)N(Cc5ccccc5)C4)c3)C(=O)[C@H]12. The maximum Gasteiger partial charge on any atom is 0.316 e. The van der Waals surface area contributed by atoms with E-state index in [1.54, 1.807) is 29.2 Å². The molecule has 5 rings (SSSR count). The molecule has 2 aromatic carbocycles. The van der Waals surface area contributed by atoms with Crippen molar-refractivity contribution in [2.45, 2.75) is 26.3 Å². The number of carbonyl (C=O) groups excluding carboxylic acids is 4. The summed E-state index contributed by atoms with van der Waals surface area (Å²) in [5, 5.41) is 0. The molecule has 0 bridgehead atoms. The van der Waals surface area contributed by atoms with Gasteiger partial charge in [-0.15, -0.1) is 0 Å². The lowest BCUT2D eigenvalue weighted by Crippen LogP contribution is -2.31. The Morgan fingerprint density at radius 1 is 1.03 bits per heavy atom. The first kappa shape index (κ1) is 22.1. The molecule has 2 heterocycles. The fourth-order valence-electron chi connectivity index (χ4n) is 5.17. The van der Waals surface area contributed by atoms with Crippen molar-refractivity contribution < 1.29 is 23.9 Å². The van der Waals surface area contributed by atoms with Crippen LogP contribution in [0.2, 0.25) is 0 Å². The van der Waals surface area contributed by atoms with Gasteiger partial charge in [0.05, 0.1) is 23.4 Å². The number of allylic oxidation sites excluding steroid dienone is 2. The van der Waals surface area contributed by atoms with Gasteiger partial charge in [0.1, 0.15) is 5.75 Å². The van der Waals surface area contributed by atoms with Crippen LogP contribution in [0.4, 0.5) is 5.69 Å². The molecular formula is C27H26N2O5. The molecule has 0 saturated carbocycles. The van der Waals surface area contributed by atoms with Crippen LogP contribution in [0.15, 0.2) is 66.7 Å². The molecule has 3 aliphatic rings. The molecule has 7 nitrogen and oxygen atoms in total. The molecule has 2 fully saturated rings. The van der Waals surface area contributed by atoms with Gasteiger partial charge in [0.25, 0.3) is 0 Å². The van der Waals surface area contributed by atoms with E-state index in [-0.39, 0.29) is 47.6 Å². The van der Waals surface area contributed by atoms with E-state index in [0.29, 0.717) is 25.2 Å². The Balaban J connectivity index is 1.27. The zero-order valence-electron chi connectivity index (χ0n) is 18.9. The minimum atomic E-state index is -0.565. The summed E-state index contributed by atoms with van der Waals surface area (Å²) in [6.07, 6.45) is 4.60. The molecule has 3 amide bonds. The highest BCUT2D eigenvalue weighted by atomic mass is 16.5. The van der Waals surface area contributed by atoms with E-state index in [1.807, 2.05) is 49.4 Å². The van der Waals surface area contributed by atoms with Gasteiger partial charge in [0.2, 0.25) is 17.7 Å². The Kier molecular flexibility index (Phi) is 5.77. The van der Waals surface area contributed by atoms with Gasteiger partial charge in [0.15, 0.2) is 0 Å². The maximum absolute atomic E-state index is 13.0. The van der Waals surface area contributed by atoms with Crippen LogP contribution in [0.5, 0.6) is 5.75 Å². The van der Waals surface area contributed by atoms with Crippen molar-refractivity contribution in [1.29, 1.82) is 0 Å². The fraction of sp³-hybridized carbons (Fsp3) is 0.333. The highest BCUT2D eigenvalue weighted by Crippen LogP contribution is 2.41. The summed E-state index contributed by atoms with van der Waals surface area (Å²) < 4.78 is 5.58. The molecular weight excluding hydrogens is 432 g/mol. The van der Waals surface area contributed by atoms with Gasteiger partial charge in [0, 0.05) is 25.6 Å². The number of ether oxygens (including phenoxy) is 1. The normalized spacial score (nSPS) is 26.2. The lowest BCUT2D eigenvalue weighted by molar-refractivity contribution is -0.139. The van der Waals surface area contributed by atoms with Crippen LogP contribution in [-0.4, -0.2) is 35.1 Å². The predicted molar refractivity (Wildman–Crippen MR) is 124 cm³/mol. The van der Waals surface area contributed by atoms with E-state index < -0.39 is 11.9 Å². The Bertz CT molecular complexity index is 1170. The number of likely N-dealkylation sites (tertiary alicyclic amines) is 1. The Hall–Kier alpha value is -3.74.